The molecule has 5 heteroatoms. The molecule has 0 aliphatic carbocycles. The van der Waals surface area contributed by atoms with Gasteiger partial charge in [0.15, 0.2) is 0 Å². The van der Waals surface area contributed by atoms with E-state index in [4.69, 9.17) is 10.5 Å². The summed E-state index contributed by atoms with van der Waals surface area (Å²) in [4.78, 5) is 17.1. The minimum Gasteiger partial charge on any atom is -0.367 e. The first-order valence-electron chi connectivity index (χ1n) is 6.62. The molecule has 1 saturated heterocycles. The Morgan fingerprint density at radius 3 is 2.47 bits per heavy atom. The van der Waals surface area contributed by atoms with Crippen molar-refractivity contribution in [3.05, 3.63) is 22.9 Å². The molecular formula is C14H22N3O2+. The van der Waals surface area contributed by atoms with E-state index in [1.54, 1.807) is 0 Å². The van der Waals surface area contributed by atoms with Gasteiger partial charge >= 0.3 is 0 Å². The molecule has 0 unspecified atom stereocenters. The number of primary amides is 1. The first-order chi connectivity index (χ1) is 8.88. The van der Waals surface area contributed by atoms with Gasteiger partial charge in [0.25, 0.3) is 11.7 Å². The van der Waals surface area contributed by atoms with Gasteiger partial charge in [-0.25, -0.2) is 4.98 Å². The summed E-state index contributed by atoms with van der Waals surface area (Å²) in [6.07, 6.45) is 0.275. The predicted molar refractivity (Wildman–Crippen MR) is 73.2 cm³/mol. The second-order valence-electron chi connectivity index (χ2n) is 5.39. The van der Waals surface area contributed by atoms with Crippen molar-refractivity contribution in [1.82, 2.24) is 0 Å². The molecule has 1 aliphatic rings. The van der Waals surface area contributed by atoms with Crippen molar-refractivity contribution in [3.63, 3.8) is 0 Å². The summed E-state index contributed by atoms with van der Waals surface area (Å²) in [5.74, 6) is 0.419. The van der Waals surface area contributed by atoms with Crippen LogP contribution in [-0.2, 0) is 4.74 Å². The number of aromatic nitrogens is 1. The van der Waals surface area contributed by atoms with Crippen LogP contribution in [0.4, 0.5) is 5.82 Å². The maximum absolute atomic E-state index is 11.7. The molecule has 104 valence electrons. The third-order valence-electron chi connectivity index (χ3n) is 3.36. The van der Waals surface area contributed by atoms with Gasteiger partial charge in [0.1, 0.15) is 18.7 Å². The molecule has 1 aliphatic heterocycles. The Labute approximate surface area is 113 Å². The van der Waals surface area contributed by atoms with E-state index < -0.39 is 5.91 Å². The number of hydrogen-bond acceptors (Lipinski definition) is 3. The lowest BCUT2D eigenvalue weighted by Crippen LogP contribution is -2.48. The monoisotopic (exact) mass is 264 g/mol. The van der Waals surface area contributed by atoms with E-state index in [0.717, 1.165) is 30.2 Å². The van der Waals surface area contributed by atoms with E-state index in [0.29, 0.717) is 5.56 Å². The van der Waals surface area contributed by atoms with Crippen molar-refractivity contribution in [3.8, 4) is 0 Å². The van der Waals surface area contributed by atoms with Gasteiger partial charge in [-0.05, 0) is 39.3 Å². The fourth-order valence-corrected chi connectivity index (χ4v) is 2.78. The number of rotatable bonds is 2. The van der Waals surface area contributed by atoms with E-state index in [9.17, 15) is 4.79 Å². The normalized spacial score (nSPS) is 23.5. The molecule has 0 spiro atoms. The maximum Gasteiger partial charge on any atom is 0.288 e. The molecule has 19 heavy (non-hydrogen) atoms. The topological polar surface area (TPSA) is 69.7 Å². The van der Waals surface area contributed by atoms with E-state index in [1.165, 1.54) is 0 Å². The number of hydrogen-bond donors (Lipinski definition) is 1. The largest absolute Gasteiger partial charge is 0.367 e. The Balaban J connectivity index is 2.45. The number of morpholine rings is 1. The summed E-state index contributed by atoms with van der Waals surface area (Å²) in [5.41, 5.74) is 8.03. The Morgan fingerprint density at radius 1 is 1.37 bits per heavy atom. The van der Waals surface area contributed by atoms with Crippen molar-refractivity contribution in [2.45, 2.75) is 39.9 Å². The molecule has 0 aromatic carbocycles. The molecule has 0 saturated carbocycles. The Bertz CT molecular complexity index is 492. The summed E-state index contributed by atoms with van der Waals surface area (Å²) >= 11 is 0. The fraction of sp³-hybridized carbons (Fsp3) is 0.571. The van der Waals surface area contributed by atoms with E-state index in [2.05, 4.69) is 9.88 Å². The van der Waals surface area contributed by atoms with E-state index >= 15 is 0 Å². The lowest BCUT2D eigenvalue weighted by atomic mass is 10.1. The average molecular weight is 264 g/mol. The highest BCUT2D eigenvalue weighted by molar-refractivity contribution is 5.98. The number of nitrogens with one attached hydrogen (secondary N) is 1. The number of ether oxygens (including phenoxy) is 1. The number of carbonyl (C=O) groups excluding carboxylic acids is 1. The molecule has 1 aromatic rings. The average Bonchev–Trinajstić information content (AvgIpc) is 2.25. The van der Waals surface area contributed by atoms with Gasteiger partial charge in [-0.1, -0.05) is 0 Å². The molecule has 0 bridgehead atoms. The number of aromatic amines is 1. The summed E-state index contributed by atoms with van der Waals surface area (Å²) < 4.78 is 5.73. The molecule has 3 N–H and O–H groups in total. The Morgan fingerprint density at radius 2 is 1.95 bits per heavy atom. The number of anilines is 1. The molecule has 0 radical (unpaired) electrons. The third-order valence-corrected chi connectivity index (χ3v) is 3.36. The highest BCUT2D eigenvalue weighted by Gasteiger charge is 2.32. The number of pyridine rings is 1. The molecule has 1 aromatic heterocycles. The number of aryl methyl sites for hydroxylation is 2. The number of amides is 1. The molecule has 2 rings (SSSR count). The predicted octanol–water partition coefficient (Wildman–Crippen LogP) is 0.830. The minimum absolute atomic E-state index is 0.138. The first kappa shape index (κ1) is 13.8. The van der Waals surface area contributed by atoms with Crippen molar-refractivity contribution in [1.29, 1.82) is 0 Å². The number of nitrogens with two attached hydrogens (primary N) is 1. The zero-order valence-electron chi connectivity index (χ0n) is 12.0. The number of nitrogens with zero attached hydrogens (tertiary/aromatic N) is 1. The third kappa shape index (κ3) is 2.87. The van der Waals surface area contributed by atoms with Crippen LogP contribution in [0.2, 0.25) is 0 Å². The zero-order chi connectivity index (χ0) is 14.2. The fourth-order valence-electron chi connectivity index (χ4n) is 2.78. The smallest absolute Gasteiger partial charge is 0.288 e. The highest BCUT2D eigenvalue weighted by Crippen LogP contribution is 2.22. The summed E-state index contributed by atoms with van der Waals surface area (Å²) in [7, 11) is 0. The Hall–Kier alpha value is -1.62. The van der Waals surface area contributed by atoms with Gasteiger partial charge in [0.05, 0.1) is 17.9 Å². The second kappa shape index (κ2) is 5.17. The van der Waals surface area contributed by atoms with Crippen molar-refractivity contribution >= 4 is 11.7 Å². The van der Waals surface area contributed by atoms with Gasteiger partial charge in [-0.15, -0.1) is 0 Å². The number of carbonyl (C=O) groups is 1. The molecule has 1 fully saturated rings. The summed E-state index contributed by atoms with van der Waals surface area (Å²) in [6.45, 7) is 9.48. The van der Waals surface area contributed by atoms with Crippen molar-refractivity contribution in [2.24, 2.45) is 5.73 Å². The Kier molecular flexibility index (Phi) is 3.75. The lowest BCUT2D eigenvalue weighted by Gasteiger charge is -2.31. The molecule has 5 nitrogen and oxygen atoms in total. The van der Waals surface area contributed by atoms with E-state index in [-0.39, 0.29) is 12.2 Å². The summed E-state index contributed by atoms with van der Waals surface area (Å²) in [6, 6.07) is 1.94. The maximum atomic E-state index is 11.7. The van der Waals surface area contributed by atoms with Crippen molar-refractivity contribution < 1.29 is 14.5 Å². The SMILES string of the molecule is Cc1cc(C)c(C(N)=O)c(N2C[C@@H](C)O[C@H](C)C2)[nH+]1. The lowest BCUT2D eigenvalue weighted by molar-refractivity contribution is -0.374. The van der Waals surface area contributed by atoms with Gasteiger partial charge in [0, 0.05) is 0 Å². The van der Waals surface area contributed by atoms with Gasteiger partial charge in [0.2, 0.25) is 0 Å². The van der Waals surface area contributed by atoms with Gasteiger partial charge < -0.3 is 10.5 Å². The van der Waals surface area contributed by atoms with Gasteiger partial charge in [-0.3, -0.25) is 9.69 Å². The summed E-state index contributed by atoms with van der Waals surface area (Å²) in [5, 5.41) is 0. The quantitative estimate of drug-likeness (QED) is 0.860. The highest BCUT2D eigenvalue weighted by atomic mass is 16.5. The van der Waals surface area contributed by atoms with Crippen molar-refractivity contribution in [2.75, 3.05) is 18.0 Å². The molecule has 2 heterocycles. The standard InChI is InChI=1S/C14H21N3O2/c1-8-5-9(2)16-14(12(8)13(15)18)17-6-10(3)19-11(4)7-17/h5,10-11H,6-7H2,1-4H3,(H2,15,18)/p+1/t10-,11-/m1/s1. The van der Waals surface area contributed by atoms with Crippen LogP contribution in [0, 0.1) is 13.8 Å². The molecular weight excluding hydrogens is 242 g/mol. The van der Waals surface area contributed by atoms with Crippen LogP contribution in [-0.4, -0.2) is 31.2 Å². The van der Waals surface area contributed by atoms with E-state index in [1.807, 2.05) is 33.8 Å². The van der Waals surface area contributed by atoms with Crippen LogP contribution in [0.5, 0.6) is 0 Å². The molecule has 2 atom stereocenters. The second-order valence-corrected chi connectivity index (χ2v) is 5.39. The molecule has 1 amide bonds. The van der Waals surface area contributed by atoms with Crippen LogP contribution in [0.1, 0.15) is 35.5 Å². The van der Waals surface area contributed by atoms with Crippen LogP contribution in [0.15, 0.2) is 6.07 Å². The van der Waals surface area contributed by atoms with Crippen LogP contribution < -0.4 is 15.6 Å². The number of H-pyrrole nitrogens is 1. The zero-order valence-corrected chi connectivity index (χ0v) is 12.0. The first-order valence-corrected chi connectivity index (χ1v) is 6.62. The van der Waals surface area contributed by atoms with Crippen LogP contribution in [0.25, 0.3) is 0 Å². The van der Waals surface area contributed by atoms with Crippen LogP contribution >= 0.6 is 0 Å². The van der Waals surface area contributed by atoms with Crippen LogP contribution in [0.3, 0.4) is 0 Å². The van der Waals surface area contributed by atoms with Gasteiger partial charge in [-0.2, -0.15) is 0 Å². The minimum atomic E-state index is -0.393.